The highest BCUT2D eigenvalue weighted by Gasteiger charge is 2.39. The van der Waals surface area contributed by atoms with Gasteiger partial charge in [-0.15, -0.1) is 0 Å². The van der Waals surface area contributed by atoms with Crippen LogP contribution in [0.4, 0.5) is 4.39 Å². The van der Waals surface area contributed by atoms with Gasteiger partial charge in [0.05, 0.1) is 5.25 Å². The molecule has 0 bridgehead atoms. The third-order valence-corrected chi connectivity index (χ3v) is 6.23. The fraction of sp³-hybridized carbons (Fsp3) is 0.571. The van der Waals surface area contributed by atoms with E-state index in [2.05, 4.69) is 12.2 Å². The molecule has 106 valence electrons. The summed E-state index contributed by atoms with van der Waals surface area (Å²) in [6.45, 7) is 2.05. The van der Waals surface area contributed by atoms with E-state index in [0.29, 0.717) is 12.3 Å². The van der Waals surface area contributed by atoms with Crippen LogP contribution in [0, 0.1) is 11.7 Å². The molecule has 0 heterocycles. The quantitative estimate of drug-likeness (QED) is 0.927. The topological polar surface area (TPSA) is 46.2 Å². The van der Waals surface area contributed by atoms with Gasteiger partial charge in [-0.25, -0.2) is 12.8 Å². The monoisotopic (exact) mass is 285 g/mol. The SMILES string of the molecule is CNC1CCC(C)CC1S(=O)(=O)c1ccccc1F. The van der Waals surface area contributed by atoms with E-state index in [1.807, 2.05) is 0 Å². The van der Waals surface area contributed by atoms with E-state index in [-0.39, 0.29) is 10.9 Å². The van der Waals surface area contributed by atoms with Gasteiger partial charge in [-0.2, -0.15) is 0 Å². The number of sulfone groups is 1. The highest BCUT2D eigenvalue weighted by molar-refractivity contribution is 7.92. The second-order valence-corrected chi connectivity index (χ2v) is 7.46. The first-order valence-electron chi connectivity index (χ1n) is 6.62. The van der Waals surface area contributed by atoms with Crippen LogP contribution in [0.5, 0.6) is 0 Å². The third-order valence-electron chi connectivity index (χ3n) is 3.97. The van der Waals surface area contributed by atoms with E-state index in [1.165, 1.54) is 18.2 Å². The van der Waals surface area contributed by atoms with Gasteiger partial charge in [0.25, 0.3) is 0 Å². The Morgan fingerprint density at radius 2 is 1.95 bits per heavy atom. The molecule has 1 aliphatic rings. The van der Waals surface area contributed by atoms with E-state index in [0.717, 1.165) is 12.8 Å². The van der Waals surface area contributed by atoms with Crippen LogP contribution < -0.4 is 5.32 Å². The maximum atomic E-state index is 13.8. The zero-order valence-corrected chi connectivity index (χ0v) is 12.1. The van der Waals surface area contributed by atoms with Gasteiger partial charge in [-0.1, -0.05) is 19.1 Å². The lowest BCUT2D eigenvalue weighted by atomic mass is 9.87. The van der Waals surface area contributed by atoms with Gasteiger partial charge in [0.15, 0.2) is 9.84 Å². The molecule has 19 heavy (non-hydrogen) atoms. The first-order chi connectivity index (χ1) is 8.96. The minimum absolute atomic E-state index is 0.0965. The van der Waals surface area contributed by atoms with Gasteiger partial charge < -0.3 is 5.32 Å². The Hall–Kier alpha value is -0.940. The highest BCUT2D eigenvalue weighted by atomic mass is 32.2. The number of hydrogen-bond acceptors (Lipinski definition) is 3. The Kier molecular flexibility index (Phi) is 4.26. The molecule has 1 saturated carbocycles. The van der Waals surface area contributed by atoms with Crippen molar-refractivity contribution in [1.82, 2.24) is 5.32 Å². The molecular formula is C14H20FNO2S. The molecule has 0 spiro atoms. The van der Waals surface area contributed by atoms with Crippen LogP contribution in [0.2, 0.25) is 0 Å². The van der Waals surface area contributed by atoms with Crippen LogP contribution in [0.15, 0.2) is 29.2 Å². The Morgan fingerprint density at radius 1 is 1.26 bits per heavy atom. The molecule has 3 atom stereocenters. The summed E-state index contributed by atoms with van der Waals surface area (Å²) < 4.78 is 39.1. The molecule has 1 N–H and O–H groups in total. The number of nitrogens with one attached hydrogen (secondary N) is 1. The molecule has 0 radical (unpaired) electrons. The molecule has 0 aromatic heterocycles. The van der Waals surface area contributed by atoms with Crippen molar-refractivity contribution >= 4 is 9.84 Å². The summed E-state index contributed by atoms with van der Waals surface area (Å²) in [5.74, 6) is -0.299. The van der Waals surface area contributed by atoms with Crippen molar-refractivity contribution in [3.63, 3.8) is 0 Å². The second-order valence-electron chi connectivity index (χ2n) is 5.33. The van der Waals surface area contributed by atoms with Gasteiger partial charge >= 0.3 is 0 Å². The van der Waals surface area contributed by atoms with Crippen LogP contribution in [-0.4, -0.2) is 26.8 Å². The van der Waals surface area contributed by atoms with Crippen molar-refractivity contribution in [3.8, 4) is 0 Å². The lowest BCUT2D eigenvalue weighted by molar-refractivity contribution is 0.319. The van der Waals surface area contributed by atoms with Gasteiger partial charge in [0, 0.05) is 6.04 Å². The van der Waals surface area contributed by atoms with E-state index < -0.39 is 20.9 Å². The summed E-state index contributed by atoms with van der Waals surface area (Å²) in [5.41, 5.74) is 0. The molecule has 0 amide bonds. The largest absolute Gasteiger partial charge is 0.316 e. The van der Waals surface area contributed by atoms with Crippen LogP contribution in [0.25, 0.3) is 0 Å². The van der Waals surface area contributed by atoms with Crippen molar-refractivity contribution in [1.29, 1.82) is 0 Å². The minimum atomic E-state index is -3.62. The lowest BCUT2D eigenvalue weighted by Crippen LogP contribution is -2.46. The normalized spacial score (nSPS) is 28.3. The molecule has 0 saturated heterocycles. The molecule has 3 nitrogen and oxygen atoms in total. The molecule has 0 aliphatic heterocycles. The predicted molar refractivity (Wildman–Crippen MR) is 73.2 cm³/mol. The van der Waals surface area contributed by atoms with Crippen LogP contribution in [-0.2, 0) is 9.84 Å². The first kappa shape index (κ1) is 14.5. The molecule has 5 heteroatoms. The molecular weight excluding hydrogens is 265 g/mol. The summed E-state index contributed by atoms with van der Waals surface area (Å²) in [4.78, 5) is -0.172. The fourth-order valence-electron chi connectivity index (χ4n) is 2.84. The van der Waals surface area contributed by atoms with E-state index >= 15 is 0 Å². The molecule has 1 aromatic carbocycles. The summed E-state index contributed by atoms with van der Waals surface area (Å²) in [7, 11) is -1.86. The van der Waals surface area contributed by atoms with Crippen LogP contribution in [0.3, 0.4) is 0 Å². The fourth-order valence-corrected chi connectivity index (χ4v) is 5.06. The average molecular weight is 285 g/mol. The second kappa shape index (κ2) is 5.59. The van der Waals surface area contributed by atoms with Crippen molar-refractivity contribution in [2.45, 2.75) is 42.4 Å². The zero-order valence-electron chi connectivity index (χ0n) is 11.3. The number of benzene rings is 1. The van der Waals surface area contributed by atoms with Crippen molar-refractivity contribution < 1.29 is 12.8 Å². The Morgan fingerprint density at radius 3 is 2.58 bits per heavy atom. The van der Waals surface area contributed by atoms with Crippen molar-refractivity contribution in [3.05, 3.63) is 30.1 Å². The molecule has 2 rings (SSSR count). The molecule has 1 aliphatic carbocycles. The van der Waals surface area contributed by atoms with Crippen molar-refractivity contribution in [2.75, 3.05) is 7.05 Å². The zero-order chi connectivity index (χ0) is 14.0. The standard InChI is InChI=1S/C14H20FNO2S/c1-10-7-8-12(16-2)14(9-10)19(17,18)13-6-4-3-5-11(13)15/h3-6,10,12,14,16H,7-9H2,1-2H3. The van der Waals surface area contributed by atoms with Crippen LogP contribution in [0.1, 0.15) is 26.2 Å². The lowest BCUT2D eigenvalue weighted by Gasteiger charge is -2.34. The first-order valence-corrected chi connectivity index (χ1v) is 8.17. The minimum Gasteiger partial charge on any atom is -0.316 e. The van der Waals surface area contributed by atoms with Crippen LogP contribution >= 0.6 is 0 Å². The number of hydrogen-bond donors (Lipinski definition) is 1. The Labute approximate surface area is 114 Å². The van der Waals surface area contributed by atoms with E-state index in [1.54, 1.807) is 13.1 Å². The van der Waals surface area contributed by atoms with Gasteiger partial charge in [0.1, 0.15) is 10.7 Å². The number of rotatable bonds is 3. The summed E-state index contributed by atoms with van der Waals surface area (Å²) in [6.07, 6.45) is 2.41. The van der Waals surface area contributed by atoms with Crippen molar-refractivity contribution in [2.24, 2.45) is 5.92 Å². The molecule has 1 fully saturated rings. The average Bonchev–Trinajstić information content (AvgIpc) is 2.39. The smallest absolute Gasteiger partial charge is 0.185 e. The van der Waals surface area contributed by atoms with Gasteiger partial charge in [-0.05, 0) is 44.4 Å². The number of halogens is 1. The van der Waals surface area contributed by atoms with E-state index in [4.69, 9.17) is 0 Å². The maximum absolute atomic E-state index is 13.8. The Bertz CT molecular complexity index is 544. The summed E-state index contributed by atoms with van der Waals surface area (Å²) >= 11 is 0. The van der Waals surface area contributed by atoms with Gasteiger partial charge in [0.2, 0.25) is 0 Å². The van der Waals surface area contributed by atoms with Gasteiger partial charge in [-0.3, -0.25) is 0 Å². The molecule has 3 unspecified atom stereocenters. The summed E-state index contributed by atoms with van der Waals surface area (Å²) in [6, 6.07) is 5.54. The molecule has 1 aromatic rings. The maximum Gasteiger partial charge on any atom is 0.185 e. The van der Waals surface area contributed by atoms with E-state index in [9.17, 15) is 12.8 Å². The predicted octanol–water partition coefficient (Wildman–Crippen LogP) is 2.38. The highest BCUT2D eigenvalue weighted by Crippen LogP contribution is 2.32. The Balaban J connectivity index is 2.40. The summed E-state index contributed by atoms with van der Waals surface area (Å²) in [5, 5.41) is 2.52. The third kappa shape index (κ3) is 2.82.